The van der Waals surface area contributed by atoms with Gasteiger partial charge in [-0.2, -0.15) is 0 Å². The van der Waals surface area contributed by atoms with Gasteiger partial charge in [0.25, 0.3) is 0 Å². The molecule has 35 heavy (non-hydrogen) atoms. The van der Waals surface area contributed by atoms with E-state index in [-0.39, 0.29) is 23.7 Å². The molecule has 3 aromatic carbocycles. The standard InChI is InChI=1S/C26H19FN6O2/c27-20-11-6-17(13-21(20)31-32-28)14-23-26(35)33-15-24(18-7-9-19(34)10-8-18)29-22(25(33)30-23)12-16-4-2-1-3-5-16/h1-11,13,15,34-35H,12,14H2. The summed E-state index contributed by atoms with van der Waals surface area (Å²) in [5.74, 6) is -0.545. The minimum atomic E-state index is -0.626. The summed E-state index contributed by atoms with van der Waals surface area (Å²) < 4.78 is 15.5. The van der Waals surface area contributed by atoms with Crippen molar-refractivity contribution < 1.29 is 14.6 Å². The van der Waals surface area contributed by atoms with Crippen molar-refractivity contribution in [2.75, 3.05) is 0 Å². The van der Waals surface area contributed by atoms with E-state index in [2.05, 4.69) is 15.0 Å². The molecule has 2 aromatic heterocycles. The first-order valence-electron chi connectivity index (χ1n) is 10.8. The number of phenolic OH excluding ortho intramolecular Hbond substituents is 1. The van der Waals surface area contributed by atoms with Gasteiger partial charge in [-0.3, -0.25) is 4.40 Å². The topological polar surface area (TPSA) is 119 Å². The second-order valence-electron chi connectivity index (χ2n) is 8.01. The Morgan fingerprint density at radius 2 is 1.63 bits per heavy atom. The average Bonchev–Trinajstić information content (AvgIpc) is 3.18. The summed E-state index contributed by atoms with van der Waals surface area (Å²) in [6, 6.07) is 20.7. The number of imidazole rings is 1. The fourth-order valence-electron chi connectivity index (χ4n) is 3.93. The second kappa shape index (κ2) is 9.17. The lowest BCUT2D eigenvalue weighted by molar-refractivity contribution is 0.442. The van der Waals surface area contributed by atoms with Gasteiger partial charge in [0.05, 0.1) is 17.1 Å². The summed E-state index contributed by atoms with van der Waals surface area (Å²) in [7, 11) is 0. The molecule has 0 radical (unpaired) electrons. The van der Waals surface area contributed by atoms with Crippen LogP contribution < -0.4 is 0 Å². The van der Waals surface area contributed by atoms with Crippen molar-refractivity contribution in [2.45, 2.75) is 12.8 Å². The number of rotatable bonds is 6. The molecular formula is C26H19FN6O2. The number of halogens is 1. The quantitative estimate of drug-likeness (QED) is 0.179. The van der Waals surface area contributed by atoms with Gasteiger partial charge in [0, 0.05) is 29.5 Å². The molecule has 0 aliphatic heterocycles. The summed E-state index contributed by atoms with van der Waals surface area (Å²) in [6.07, 6.45) is 2.38. The Hall–Kier alpha value is -4.88. The fraction of sp³-hybridized carbons (Fsp3) is 0.0769. The van der Waals surface area contributed by atoms with Gasteiger partial charge in [-0.25, -0.2) is 14.4 Å². The van der Waals surface area contributed by atoms with E-state index in [1.54, 1.807) is 40.9 Å². The van der Waals surface area contributed by atoms with E-state index in [9.17, 15) is 14.6 Å². The van der Waals surface area contributed by atoms with Crippen LogP contribution in [0, 0.1) is 5.82 Å². The molecular weight excluding hydrogens is 447 g/mol. The van der Waals surface area contributed by atoms with Crippen molar-refractivity contribution in [3.05, 3.63) is 118 Å². The zero-order valence-corrected chi connectivity index (χ0v) is 18.4. The second-order valence-corrected chi connectivity index (χ2v) is 8.01. The maximum Gasteiger partial charge on any atom is 0.219 e. The highest BCUT2D eigenvalue weighted by atomic mass is 19.1. The Balaban J connectivity index is 1.62. The SMILES string of the molecule is [N-]=[N+]=Nc1cc(Cc2nc3c(Cc4ccccc4)nc(-c4ccc(O)cc4)cn3c2O)ccc1F. The number of hydrogen-bond donors (Lipinski definition) is 2. The van der Waals surface area contributed by atoms with Crippen LogP contribution in [0.2, 0.25) is 0 Å². The predicted octanol–water partition coefficient (Wildman–Crippen LogP) is 6.07. The zero-order valence-electron chi connectivity index (χ0n) is 18.4. The van der Waals surface area contributed by atoms with E-state index in [0.29, 0.717) is 34.7 Å². The fourth-order valence-corrected chi connectivity index (χ4v) is 3.93. The van der Waals surface area contributed by atoms with Gasteiger partial charge >= 0.3 is 0 Å². The van der Waals surface area contributed by atoms with Crippen LogP contribution in [-0.4, -0.2) is 24.6 Å². The molecule has 5 rings (SSSR count). The van der Waals surface area contributed by atoms with Gasteiger partial charge in [0.2, 0.25) is 5.88 Å². The van der Waals surface area contributed by atoms with Gasteiger partial charge in [-0.05, 0) is 53.1 Å². The largest absolute Gasteiger partial charge is 0.508 e. The summed E-state index contributed by atoms with van der Waals surface area (Å²) in [5, 5.41) is 24.1. The minimum absolute atomic E-state index is 0.0635. The lowest BCUT2D eigenvalue weighted by Crippen LogP contribution is -2.00. The molecule has 0 spiro atoms. The van der Waals surface area contributed by atoms with Crippen LogP contribution in [0.5, 0.6) is 11.6 Å². The van der Waals surface area contributed by atoms with E-state index in [1.165, 1.54) is 12.1 Å². The van der Waals surface area contributed by atoms with Crippen LogP contribution in [-0.2, 0) is 12.8 Å². The Labute approximate surface area is 199 Å². The molecule has 5 aromatic rings. The molecule has 0 aliphatic carbocycles. The first kappa shape index (κ1) is 21.9. The van der Waals surface area contributed by atoms with Crippen molar-refractivity contribution in [1.82, 2.24) is 14.4 Å². The van der Waals surface area contributed by atoms with Gasteiger partial charge in [-0.15, -0.1) is 0 Å². The van der Waals surface area contributed by atoms with Crippen LogP contribution in [0.1, 0.15) is 22.5 Å². The van der Waals surface area contributed by atoms with Crippen molar-refractivity contribution in [2.24, 2.45) is 5.11 Å². The van der Waals surface area contributed by atoms with Gasteiger partial charge in [-0.1, -0.05) is 41.5 Å². The Morgan fingerprint density at radius 1 is 0.886 bits per heavy atom. The van der Waals surface area contributed by atoms with Crippen molar-refractivity contribution >= 4 is 11.3 Å². The van der Waals surface area contributed by atoms with Crippen LogP contribution in [0.4, 0.5) is 10.1 Å². The lowest BCUT2D eigenvalue weighted by Gasteiger charge is -2.08. The molecule has 0 atom stereocenters. The van der Waals surface area contributed by atoms with E-state index < -0.39 is 5.82 Å². The third-order valence-corrected chi connectivity index (χ3v) is 5.63. The molecule has 2 N–H and O–H groups in total. The van der Waals surface area contributed by atoms with Crippen LogP contribution in [0.25, 0.3) is 27.3 Å². The number of hydrogen-bond acceptors (Lipinski definition) is 5. The molecule has 0 saturated heterocycles. The van der Waals surface area contributed by atoms with Gasteiger partial charge < -0.3 is 10.2 Å². The predicted molar refractivity (Wildman–Crippen MR) is 129 cm³/mol. The Morgan fingerprint density at radius 3 is 2.37 bits per heavy atom. The Bertz CT molecular complexity index is 1580. The minimum Gasteiger partial charge on any atom is -0.508 e. The summed E-state index contributed by atoms with van der Waals surface area (Å²) in [4.78, 5) is 12.1. The number of aromatic nitrogens is 3. The molecule has 8 nitrogen and oxygen atoms in total. The summed E-state index contributed by atoms with van der Waals surface area (Å²) in [5.41, 5.74) is 13.1. The molecule has 2 heterocycles. The lowest BCUT2D eigenvalue weighted by atomic mass is 10.1. The molecule has 0 fully saturated rings. The number of fused-ring (bicyclic) bond motifs is 1. The first-order chi connectivity index (χ1) is 17.0. The molecule has 9 heteroatoms. The monoisotopic (exact) mass is 466 g/mol. The highest BCUT2D eigenvalue weighted by Crippen LogP contribution is 2.30. The van der Waals surface area contributed by atoms with E-state index in [0.717, 1.165) is 11.1 Å². The van der Waals surface area contributed by atoms with Gasteiger partial charge in [0.1, 0.15) is 17.3 Å². The summed E-state index contributed by atoms with van der Waals surface area (Å²) in [6.45, 7) is 0. The molecule has 0 aliphatic rings. The molecule has 0 amide bonds. The van der Waals surface area contributed by atoms with Crippen LogP contribution in [0.15, 0.2) is 84.1 Å². The smallest absolute Gasteiger partial charge is 0.219 e. The number of aromatic hydroxyl groups is 2. The third kappa shape index (κ3) is 4.48. The summed E-state index contributed by atoms with van der Waals surface area (Å²) >= 11 is 0. The molecule has 0 unspecified atom stereocenters. The third-order valence-electron chi connectivity index (χ3n) is 5.63. The highest BCUT2D eigenvalue weighted by molar-refractivity contribution is 5.64. The molecule has 172 valence electrons. The van der Waals surface area contributed by atoms with Crippen LogP contribution >= 0.6 is 0 Å². The maximum absolute atomic E-state index is 13.9. The van der Waals surface area contributed by atoms with E-state index in [4.69, 9.17) is 10.5 Å². The van der Waals surface area contributed by atoms with E-state index in [1.807, 2.05) is 30.3 Å². The number of azide groups is 1. The zero-order chi connectivity index (χ0) is 24.4. The number of benzene rings is 3. The van der Waals surface area contributed by atoms with Crippen molar-refractivity contribution in [3.8, 4) is 22.9 Å². The number of nitrogens with zero attached hydrogens (tertiary/aromatic N) is 6. The molecule has 0 saturated carbocycles. The Kier molecular flexibility index (Phi) is 5.75. The van der Waals surface area contributed by atoms with Gasteiger partial charge in [0.15, 0.2) is 5.65 Å². The normalized spacial score (nSPS) is 10.9. The van der Waals surface area contributed by atoms with Crippen molar-refractivity contribution in [1.29, 1.82) is 0 Å². The van der Waals surface area contributed by atoms with E-state index >= 15 is 0 Å². The van der Waals surface area contributed by atoms with Crippen molar-refractivity contribution in [3.63, 3.8) is 0 Å². The average molecular weight is 466 g/mol. The first-order valence-corrected chi connectivity index (χ1v) is 10.8. The molecule has 0 bridgehead atoms. The highest BCUT2D eigenvalue weighted by Gasteiger charge is 2.18. The van der Waals surface area contributed by atoms with Crippen LogP contribution in [0.3, 0.4) is 0 Å². The number of phenols is 1. The maximum atomic E-state index is 13.9.